The first kappa shape index (κ1) is 13.1. The zero-order chi connectivity index (χ0) is 13.3. The lowest BCUT2D eigenvalue weighted by Crippen LogP contribution is -2.30. The van der Waals surface area contributed by atoms with E-state index >= 15 is 0 Å². The van der Waals surface area contributed by atoms with Crippen LogP contribution in [0.25, 0.3) is 0 Å². The van der Waals surface area contributed by atoms with Crippen LogP contribution in [0.4, 0.5) is 0 Å². The van der Waals surface area contributed by atoms with Gasteiger partial charge >= 0.3 is 0 Å². The van der Waals surface area contributed by atoms with Crippen LogP contribution in [0.15, 0.2) is 12.1 Å². The van der Waals surface area contributed by atoms with Gasteiger partial charge in [-0.25, -0.2) is 0 Å². The quantitative estimate of drug-likeness (QED) is 0.890. The maximum Gasteiger partial charge on any atom is 0.222 e. The number of amides is 1. The van der Waals surface area contributed by atoms with E-state index in [9.17, 15) is 9.90 Å². The average Bonchev–Trinajstić information content (AvgIpc) is 2.62. The Hall–Kier alpha value is -1.35. The van der Waals surface area contributed by atoms with Crippen LogP contribution in [-0.2, 0) is 4.79 Å². The third-order valence-corrected chi connectivity index (χ3v) is 3.64. The lowest BCUT2D eigenvalue weighted by molar-refractivity contribution is -0.128. The summed E-state index contributed by atoms with van der Waals surface area (Å²) in [5.74, 6) is 0.163. The van der Waals surface area contributed by atoms with Crippen molar-refractivity contribution in [2.24, 2.45) is 0 Å². The predicted octanol–water partition coefficient (Wildman–Crippen LogP) is 2.27. The zero-order valence-electron chi connectivity index (χ0n) is 11.4. The third-order valence-electron chi connectivity index (χ3n) is 3.64. The summed E-state index contributed by atoms with van der Waals surface area (Å²) in [5.41, 5.74) is 4.39. The summed E-state index contributed by atoms with van der Waals surface area (Å²) in [6, 6.07) is 4.16. The van der Waals surface area contributed by atoms with Crippen LogP contribution in [0, 0.1) is 20.8 Å². The Morgan fingerprint density at radius 2 is 1.89 bits per heavy atom. The van der Waals surface area contributed by atoms with E-state index in [1.54, 1.807) is 4.90 Å². The van der Waals surface area contributed by atoms with Crippen molar-refractivity contribution in [3.63, 3.8) is 0 Å². The standard InChI is InChI=1S/C15H21NO2/c1-10-7-11(2)15(12(3)8-10)13(17)9-16-6-4-5-14(16)18/h7-8,13,17H,4-6,9H2,1-3H3. The van der Waals surface area contributed by atoms with Crippen molar-refractivity contribution in [1.82, 2.24) is 4.90 Å². The number of aliphatic hydroxyl groups is 1. The summed E-state index contributed by atoms with van der Waals surface area (Å²) in [6.45, 7) is 7.29. The van der Waals surface area contributed by atoms with Crippen molar-refractivity contribution in [2.75, 3.05) is 13.1 Å². The minimum atomic E-state index is -0.576. The fraction of sp³-hybridized carbons (Fsp3) is 0.533. The molecule has 0 aliphatic carbocycles. The first-order chi connectivity index (χ1) is 8.49. The second-order valence-electron chi connectivity index (χ2n) is 5.27. The van der Waals surface area contributed by atoms with Crippen LogP contribution in [-0.4, -0.2) is 29.0 Å². The smallest absolute Gasteiger partial charge is 0.222 e. The number of hydrogen-bond acceptors (Lipinski definition) is 2. The molecule has 2 rings (SSSR count). The van der Waals surface area contributed by atoms with E-state index in [-0.39, 0.29) is 5.91 Å². The highest BCUT2D eigenvalue weighted by Crippen LogP contribution is 2.25. The molecule has 1 unspecified atom stereocenters. The largest absolute Gasteiger partial charge is 0.387 e. The molecule has 18 heavy (non-hydrogen) atoms. The maximum absolute atomic E-state index is 11.6. The molecule has 3 heteroatoms. The van der Waals surface area contributed by atoms with Crippen molar-refractivity contribution in [1.29, 1.82) is 0 Å². The predicted molar refractivity (Wildman–Crippen MR) is 71.4 cm³/mol. The summed E-state index contributed by atoms with van der Waals surface area (Å²) in [6.07, 6.45) is 0.961. The van der Waals surface area contributed by atoms with Gasteiger partial charge in [0.2, 0.25) is 5.91 Å². The molecule has 1 atom stereocenters. The molecule has 1 heterocycles. The molecule has 1 saturated heterocycles. The Bertz CT molecular complexity index is 445. The molecule has 98 valence electrons. The normalized spacial score (nSPS) is 17.3. The molecule has 1 aromatic rings. The summed E-state index contributed by atoms with van der Waals surface area (Å²) in [7, 11) is 0. The van der Waals surface area contributed by atoms with Crippen LogP contribution < -0.4 is 0 Å². The summed E-state index contributed by atoms with van der Waals surface area (Å²) in [5, 5.41) is 10.4. The molecule has 0 radical (unpaired) electrons. The second-order valence-corrected chi connectivity index (χ2v) is 5.27. The van der Waals surface area contributed by atoms with Gasteiger partial charge in [0.25, 0.3) is 0 Å². The number of hydrogen-bond donors (Lipinski definition) is 1. The number of aryl methyl sites for hydroxylation is 3. The molecule has 0 bridgehead atoms. The summed E-state index contributed by atoms with van der Waals surface area (Å²) in [4.78, 5) is 13.3. The van der Waals surface area contributed by atoms with E-state index < -0.39 is 6.10 Å². The molecule has 1 fully saturated rings. The number of carbonyl (C=O) groups is 1. The molecule has 1 aromatic carbocycles. The number of rotatable bonds is 3. The van der Waals surface area contributed by atoms with Crippen molar-refractivity contribution in [3.8, 4) is 0 Å². The Kier molecular flexibility index (Phi) is 3.71. The monoisotopic (exact) mass is 247 g/mol. The molecule has 1 N–H and O–H groups in total. The van der Waals surface area contributed by atoms with Gasteiger partial charge in [-0.1, -0.05) is 17.7 Å². The molecule has 1 aliphatic heterocycles. The van der Waals surface area contributed by atoms with Gasteiger partial charge in [-0.05, 0) is 43.9 Å². The van der Waals surface area contributed by atoms with E-state index in [2.05, 4.69) is 19.1 Å². The Balaban J connectivity index is 2.18. The van der Waals surface area contributed by atoms with Crippen LogP contribution >= 0.6 is 0 Å². The maximum atomic E-state index is 11.6. The third kappa shape index (κ3) is 2.56. The van der Waals surface area contributed by atoms with Gasteiger partial charge < -0.3 is 10.0 Å². The minimum Gasteiger partial charge on any atom is -0.387 e. The van der Waals surface area contributed by atoms with Gasteiger partial charge in [-0.2, -0.15) is 0 Å². The van der Waals surface area contributed by atoms with E-state index in [0.29, 0.717) is 13.0 Å². The van der Waals surface area contributed by atoms with Crippen LogP contribution in [0.3, 0.4) is 0 Å². The molecule has 1 amide bonds. The number of benzene rings is 1. The number of carbonyl (C=O) groups excluding carboxylic acids is 1. The lowest BCUT2D eigenvalue weighted by Gasteiger charge is -2.23. The molecular formula is C15H21NO2. The van der Waals surface area contributed by atoms with Crippen molar-refractivity contribution >= 4 is 5.91 Å². The summed E-state index contributed by atoms with van der Waals surface area (Å²) < 4.78 is 0. The topological polar surface area (TPSA) is 40.5 Å². The SMILES string of the molecule is Cc1cc(C)c(C(O)CN2CCCC2=O)c(C)c1. The molecule has 0 saturated carbocycles. The van der Waals surface area contributed by atoms with Crippen LogP contribution in [0.2, 0.25) is 0 Å². The molecule has 1 aliphatic rings. The van der Waals surface area contributed by atoms with Crippen molar-refractivity contribution in [3.05, 3.63) is 34.4 Å². The Morgan fingerprint density at radius 3 is 2.39 bits per heavy atom. The average molecular weight is 247 g/mol. The highest BCUT2D eigenvalue weighted by molar-refractivity contribution is 5.78. The number of aliphatic hydroxyl groups excluding tert-OH is 1. The number of likely N-dealkylation sites (tertiary alicyclic amines) is 1. The Labute approximate surface area is 108 Å². The van der Waals surface area contributed by atoms with Gasteiger partial charge in [0.15, 0.2) is 0 Å². The van der Waals surface area contributed by atoms with Gasteiger partial charge in [-0.15, -0.1) is 0 Å². The van der Waals surface area contributed by atoms with Crippen LogP contribution in [0.5, 0.6) is 0 Å². The van der Waals surface area contributed by atoms with E-state index in [4.69, 9.17) is 0 Å². The highest BCUT2D eigenvalue weighted by atomic mass is 16.3. The second kappa shape index (κ2) is 5.11. The highest BCUT2D eigenvalue weighted by Gasteiger charge is 2.24. The van der Waals surface area contributed by atoms with Gasteiger partial charge in [-0.3, -0.25) is 4.79 Å². The van der Waals surface area contributed by atoms with E-state index in [0.717, 1.165) is 29.7 Å². The first-order valence-electron chi connectivity index (χ1n) is 6.52. The van der Waals surface area contributed by atoms with E-state index in [1.807, 2.05) is 13.8 Å². The number of nitrogens with zero attached hydrogens (tertiary/aromatic N) is 1. The molecule has 0 spiro atoms. The molecule has 3 nitrogen and oxygen atoms in total. The van der Waals surface area contributed by atoms with Crippen molar-refractivity contribution < 1.29 is 9.90 Å². The molecular weight excluding hydrogens is 226 g/mol. The minimum absolute atomic E-state index is 0.163. The fourth-order valence-electron chi connectivity index (χ4n) is 2.91. The molecule has 0 aromatic heterocycles. The lowest BCUT2D eigenvalue weighted by atomic mass is 9.95. The first-order valence-corrected chi connectivity index (χ1v) is 6.52. The zero-order valence-corrected chi connectivity index (χ0v) is 11.4. The van der Waals surface area contributed by atoms with Crippen molar-refractivity contribution in [2.45, 2.75) is 39.7 Å². The van der Waals surface area contributed by atoms with E-state index in [1.165, 1.54) is 5.56 Å². The number of β-amino-alcohol motifs (C(OH)–C–C–N with tert-alkyl or cyclic N) is 1. The van der Waals surface area contributed by atoms with Crippen LogP contribution in [0.1, 0.15) is 41.2 Å². The van der Waals surface area contributed by atoms with Gasteiger partial charge in [0.1, 0.15) is 0 Å². The van der Waals surface area contributed by atoms with Gasteiger partial charge in [0.05, 0.1) is 12.6 Å². The Morgan fingerprint density at radius 1 is 1.28 bits per heavy atom. The van der Waals surface area contributed by atoms with Gasteiger partial charge in [0, 0.05) is 13.0 Å². The fourth-order valence-corrected chi connectivity index (χ4v) is 2.91. The summed E-state index contributed by atoms with van der Waals surface area (Å²) >= 11 is 0.